The molecule has 34 heavy (non-hydrogen) atoms. The molecule has 0 spiro atoms. The zero-order valence-electron chi connectivity index (χ0n) is 19.0. The van der Waals surface area contributed by atoms with Crippen molar-refractivity contribution >= 4 is 0 Å². The summed E-state index contributed by atoms with van der Waals surface area (Å²) in [6.45, 7) is 2.15. The van der Waals surface area contributed by atoms with Gasteiger partial charge in [0.05, 0.1) is 29.2 Å². The van der Waals surface area contributed by atoms with Crippen LogP contribution in [0.4, 0.5) is 0 Å². The SMILES string of the molecule is CC1(O)CC(N)(c2ccc(-c3nc4n(c3-c3ccccc3)COc3ccc(CO)cc3-4)cc2)C1. The summed E-state index contributed by atoms with van der Waals surface area (Å²) in [7, 11) is 0. The minimum absolute atomic E-state index is 0.0401. The summed E-state index contributed by atoms with van der Waals surface area (Å²) < 4.78 is 8.16. The Kier molecular flexibility index (Phi) is 4.68. The van der Waals surface area contributed by atoms with E-state index in [0.29, 0.717) is 19.6 Å². The van der Waals surface area contributed by atoms with E-state index in [0.717, 1.165) is 50.8 Å². The molecule has 172 valence electrons. The molecule has 0 radical (unpaired) electrons. The third kappa shape index (κ3) is 3.34. The van der Waals surface area contributed by atoms with Crippen LogP contribution in [0.5, 0.6) is 5.75 Å². The Morgan fingerprint density at radius 1 is 1.00 bits per heavy atom. The summed E-state index contributed by atoms with van der Waals surface area (Å²) in [4.78, 5) is 5.09. The Hall–Kier alpha value is -3.45. The molecule has 1 aliphatic heterocycles. The molecule has 0 unspecified atom stereocenters. The van der Waals surface area contributed by atoms with Crippen LogP contribution in [0.25, 0.3) is 33.9 Å². The van der Waals surface area contributed by atoms with E-state index in [9.17, 15) is 10.2 Å². The van der Waals surface area contributed by atoms with Crippen LogP contribution in [-0.4, -0.2) is 25.4 Å². The Balaban J connectivity index is 1.48. The van der Waals surface area contributed by atoms with E-state index in [-0.39, 0.29) is 6.61 Å². The molecule has 6 heteroatoms. The second-order valence-corrected chi connectivity index (χ2v) is 9.77. The molecule has 0 saturated heterocycles. The van der Waals surface area contributed by atoms with Crippen molar-refractivity contribution in [1.29, 1.82) is 0 Å². The lowest BCUT2D eigenvalue weighted by Gasteiger charge is -2.49. The van der Waals surface area contributed by atoms with E-state index in [1.165, 1.54) is 0 Å². The molecular weight excluding hydrogens is 426 g/mol. The van der Waals surface area contributed by atoms with Crippen molar-refractivity contribution in [2.45, 2.75) is 44.2 Å². The minimum atomic E-state index is -0.697. The first-order chi connectivity index (χ1) is 16.4. The van der Waals surface area contributed by atoms with Crippen molar-refractivity contribution in [2.24, 2.45) is 5.73 Å². The largest absolute Gasteiger partial charge is 0.472 e. The molecule has 6 rings (SSSR count). The fraction of sp³-hybridized carbons (Fsp3) is 0.250. The van der Waals surface area contributed by atoms with Crippen LogP contribution >= 0.6 is 0 Å². The molecule has 1 aliphatic carbocycles. The van der Waals surface area contributed by atoms with Crippen LogP contribution in [0, 0.1) is 0 Å². The van der Waals surface area contributed by atoms with Gasteiger partial charge >= 0.3 is 0 Å². The minimum Gasteiger partial charge on any atom is -0.472 e. The third-order valence-electron chi connectivity index (χ3n) is 6.96. The molecule has 0 bridgehead atoms. The lowest BCUT2D eigenvalue weighted by molar-refractivity contribution is -0.0738. The average Bonchev–Trinajstić information content (AvgIpc) is 3.23. The maximum Gasteiger partial charge on any atom is 0.167 e. The summed E-state index contributed by atoms with van der Waals surface area (Å²) in [5.74, 6) is 1.58. The molecule has 4 N–H and O–H groups in total. The number of rotatable bonds is 4. The van der Waals surface area contributed by atoms with E-state index in [1.807, 2.05) is 55.5 Å². The predicted octanol–water partition coefficient (Wildman–Crippen LogP) is 4.43. The van der Waals surface area contributed by atoms with Crippen LogP contribution in [0.2, 0.25) is 0 Å². The van der Waals surface area contributed by atoms with Crippen molar-refractivity contribution in [2.75, 3.05) is 0 Å². The fourth-order valence-corrected chi connectivity index (χ4v) is 5.46. The molecule has 1 fully saturated rings. The highest BCUT2D eigenvalue weighted by molar-refractivity contribution is 5.83. The van der Waals surface area contributed by atoms with Crippen LogP contribution in [0.3, 0.4) is 0 Å². The van der Waals surface area contributed by atoms with E-state index in [2.05, 4.69) is 28.8 Å². The Morgan fingerprint density at radius 2 is 1.74 bits per heavy atom. The quantitative estimate of drug-likeness (QED) is 0.425. The van der Waals surface area contributed by atoms with Crippen LogP contribution in [-0.2, 0) is 18.9 Å². The van der Waals surface area contributed by atoms with Gasteiger partial charge in [-0.3, -0.25) is 4.57 Å². The molecule has 1 aromatic heterocycles. The van der Waals surface area contributed by atoms with Gasteiger partial charge in [0.1, 0.15) is 11.6 Å². The molecule has 4 aromatic rings. The maximum atomic E-state index is 10.2. The number of nitrogens with zero attached hydrogens (tertiary/aromatic N) is 2. The smallest absolute Gasteiger partial charge is 0.167 e. The van der Waals surface area contributed by atoms with Gasteiger partial charge in [0.2, 0.25) is 0 Å². The molecule has 3 aromatic carbocycles. The van der Waals surface area contributed by atoms with E-state index >= 15 is 0 Å². The van der Waals surface area contributed by atoms with E-state index < -0.39 is 11.1 Å². The molecule has 0 atom stereocenters. The van der Waals surface area contributed by atoms with Gasteiger partial charge in [0, 0.05) is 16.7 Å². The number of aliphatic hydroxyl groups is 2. The lowest BCUT2D eigenvalue weighted by Crippen LogP contribution is -2.58. The second-order valence-electron chi connectivity index (χ2n) is 9.77. The summed E-state index contributed by atoms with van der Waals surface area (Å²) in [5.41, 5.74) is 12.0. The summed E-state index contributed by atoms with van der Waals surface area (Å²) in [5, 5.41) is 19.9. The van der Waals surface area contributed by atoms with Gasteiger partial charge in [0.15, 0.2) is 6.73 Å². The van der Waals surface area contributed by atoms with Gasteiger partial charge in [-0.05, 0) is 43.0 Å². The Morgan fingerprint density at radius 3 is 2.41 bits per heavy atom. The number of hydrogen-bond acceptors (Lipinski definition) is 5. The van der Waals surface area contributed by atoms with Crippen molar-refractivity contribution in [3.63, 3.8) is 0 Å². The average molecular weight is 454 g/mol. The first-order valence-electron chi connectivity index (χ1n) is 11.5. The zero-order chi connectivity index (χ0) is 23.5. The van der Waals surface area contributed by atoms with Gasteiger partial charge in [-0.25, -0.2) is 4.98 Å². The Bertz CT molecular complexity index is 1370. The van der Waals surface area contributed by atoms with Crippen LogP contribution in [0.1, 0.15) is 30.9 Å². The van der Waals surface area contributed by atoms with E-state index in [4.69, 9.17) is 15.5 Å². The van der Waals surface area contributed by atoms with Gasteiger partial charge in [0.25, 0.3) is 0 Å². The van der Waals surface area contributed by atoms with Gasteiger partial charge in [-0.15, -0.1) is 0 Å². The van der Waals surface area contributed by atoms with Crippen molar-refractivity contribution in [1.82, 2.24) is 9.55 Å². The molecule has 2 aliphatic rings. The van der Waals surface area contributed by atoms with Crippen LogP contribution < -0.4 is 10.5 Å². The number of aromatic nitrogens is 2. The Labute approximate surface area is 198 Å². The predicted molar refractivity (Wildman–Crippen MR) is 131 cm³/mol. The highest BCUT2D eigenvalue weighted by atomic mass is 16.5. The second kappa shape index (κ2) is 7.53. The molecule has 0 amide bonds. The molecule has 2 heterocycles. The highest BCUT2D eigenvalue weighted by Crippen LogP contribution is 2.47. The number of nitrogens with two attached hydrogens (primary N) is 1. The van der Waals surface area contributed by atoms with Crippen molar-refractivity contribution in [3.8, 4) is 39.7 Å². The number of imidazole rings is 1. The zero-order valence-corrected chi connectivity index (χ0v) is 19.0. The number of fused-ring (bicyclic) bond motifs is 3. The normalized spacial score (nSPS) is 22.9. The summed E-state index contributed by atoms with van der Waals surface area (Å²) >= 11 is 0. The van der Waals surface area contributed by atoms with Gasteiger partial charge < -0.3 is 20.7 Å². The monoisotopic (exact) mass is 453 g/mol. The fourth-order valence-electron chi connectivity index (χ4n) is 5.46. The first-order valence-corrected chi connectivity index (χ1v) is 11.5. The van der Waals surface area contributed by atoms with Crippen molar-refractivity contribution in [3.05, 3.63) is 83.9 Å². The molecular formula is C28H27N3O3. The third-order valence-corrected chi connectivity index (χ3v) is 6.96. The first kappa shape index (κ1) is 21.1. The summed E-state index contributed by atoms with van der Waals surface area (Å²) in [6, 6.07) is 24.1. The number of ether oxygens (including phenoxy) is 1. The van der Waals surface area contributed by atoms with Gasteiger partial charge in [-0.2, -0.15) is 0 Å². The van der Waals surface area contributed by atoms with E-state index in [1.54, 1.807) is 0 Å². The number of aliphatic hydroxyl groups excluding tert-OH is 1. The standard InChI is InChI=1S/C28H27N3O3/c1-27(33)15-28(29,16-27)21-10-8-19(9-11-21)24-25(20-5-3-2-4-6-20)31-17-34-23-12-7-18(14-32)13-22(23)26(31)30-24/h2-13,32-33H,14-17,29H2,1H3. The number of hydrogen-bond donors (Lipinski definition) is 3. The van der Waals surface area contributed by atoms with Crippen LogP contribution in [0.15, 0.2) is 72.8 Å². The molecule has 1 saturated carbocycles. The van der Waals surface area contributed by atoms with Crippen molar-refractivity contribution < 1.29 is 14.9 Å². The highest BCUT2D eigenvalue weighted by Gasteiger charge is 2.49. The topological polar surface area (TPSA) is 93.5 Å². The maximum absolute atomic E-state index is 10.2. The lowest BCUT2D eigenvalue weighted by atomic mass is 9.63. The molecule has 6 nitrogen and oxygen atoms in total. The number of benzene rings is 3. The summed E-state index contributed by atoms with van der Waals surface area (Å²) in [6.07, 6.45) is 1.10. The van der Waals surface area contributed by atoms with Gasteiger partial charge in [-0.1, -0.05) is 60.7 Å².